The van der Waals surface area contributed by atoms with Gasteiger partial charge in [0.1, 0.15) is 0 Å². The Morgan fingerprint density at radius 2 is 1.15 bits per heavy atom. The Morgan fingerprint density at radius 1 is 0.750 bits per heavy atom. The van der Waals surface area contributed by atoms with Gasteiger partial charge in [-0.2, -0.15) is 0 Å². The van der Waals surface area contributed by atoms with Crippen LogP contribution >= 0.6 is 0 Å². The van der Waals surface area contributed by atoms with Gasteiger partial charge < -0.3 is 0 Å². The van der Waals surface area contributed by atoms with Gasteiger partial charge in [-0.3, -0.25) is 0 Å². The van der Waals surface area contributed by atoms with Gasteiger partial charge in [0.25, 0.3) is 0 Å². The Balaban J connectivity index is 1.90. The second-order valence-corrected chi connectivity index (χ2v) is 3.81. The van der Waals surface area contributed by atoms with E-state index in [1.165, 1.54) is 22.0 Å². The summed E-state index contributed by atoms with van der Waals surface area (Å²) in [5, 5.41) is 23.8. The van der Waals surface area contributed by atoms with Crippen molar-refractivity contribution >= 4 is 12.4 Å². The third-order valence-electron chi connectivity index (χ3n) is 2.58. The van der Waals surface area contributed by atoms with Crippen molar-refractivity contribution in [2.24, 2.45) is 0 Å². The van der Waals surface area contributed by atoms with E-state index in [-0.39, 0.29) is 0 Å². The lowest BCUT2D eigenvalue weighted by atomic mass is 10.1. The number of rotatable bonds is 4. The van der Waals surface area contributed by atoms with E-state index in [1.54, 1.807) is 0 Å². The van der Waals surface area contributed by atoms with Gasteiger partial charge in [-0.25, -0.2) is 0 Å². The first kappa shape index (κ1) is 11.9. The fourth-order valence-electron chi connectivity index (χ4n) is 1.60. The fraction of sp³-hybridized carbons (Fsp3) is 0. The molecular formula is C12H10N8. The summed E-state index contributed by atoms with van der Waals surface area (Å²) in [7, 11) is 0. The Morgan fingerprint density at radius 3 is 1.45 bits per heavy atom. The van der Waals surface area contributed by atoms with Crippen LogP contribution in [0.3, 0.4) is 0 Å². The molecule has 1 aromatic carbocycles. The van der Waals surface area contributed by atoms with E-state index in [0.29, 0.717) is 11.6 Å². The Hall–Kier alpha value is -3.16. The van der Waals surface area contributed by atoms with E-state index >= 15 is 0 Å². The SMILES string of the molecule is C=Cn1nnc(-c2ccc(-c3nnn(C=C)n3)cc2)n1. The van der Waals surface area contributed by atoms with E-state index in [2.05, 4.69) is 44.0 Å². The molecule has 0 N–H and O–H groups in total. The van der Waals surface area contributed by atoms with Crippen LogP contribution in [0.1, 0.15) is 0 Å². The number of hydrogen-bond acceptors (Lipinski definition) is 6. The highest BCUT2D eigenvalue weighted by Gasteiger charge is 2.08. The zero-order valence-electron chi connectivity index (χ0n) is 10.5. The van der Waals surface area contributed by atoms with Gasteiger partial charge in [0.15, 0.2) is 0 Å². The number of hydrogen-bond donors (Lipinski definition) is 0. The average Bonchev–Trinajstić information content (AvgIpc) is 3.16. The zero-order valence-corrected chi connectivity index (χ0v) is 10.5. The van der Waals surface area contributed by atoms with E-state index in [0.717, 1.165) is 11.1 Å². The third-order valence-corrected chi connectivity index (χ3v) is 2.58. The fourth-order valence-corrected chi connectivity index (χ4v) is 1.60. The van der Waals surface area contributed by atoms with Crippen LogP contribution in [0.25, 0.3) is 35.2 Å². The monoisotopic (exact) mass is 266 g/mol. The number of benzene rings is 1. The highest BCUT2D eigenvalue weighted by atomic mass is 15.6. The average molecular weight is 266 g/mol. The minimum Gasteiger partial charge on any atom is -0.139 e. The molecule has 0 bridgehead atoms. The molecule has 3 aromatic rings. The molecule has 0 saturated carbocycles. The molecule has 0 radical (unpaired) electrons. The van der Waals surface area contributed by atoms with Crippen LogP contribution in [0, 0.1) is 0 Å². The molecule has 0 aliphatic carbocycles. The predicted molar refractivity (Wildman–Crippen MR) is 72.8 cm³/mol. The Bertz CT molecular complexity index is 687. The second kappa shape index (κ2) is 4.84. The van der Waals surface area contributed by atoms with Crippen molar-refractivity contribution in [2.75, 3.05) is 0 Å². The van der Waals surface area contributed by atoms with Crippen molar-refractivity contribution in [2.45, 2.75) is 0 Å². The standard InChI is InChI=1S/C12H10N8/c1-3-19-15-11(13-17-19)9-5-7-10(8-6-9)12-14-18-20(4-2)16-12/h3-8H,1-2H2. The lowest BCUT2D eigenvalue weighted by Crippen LogP contribution is -1.90. The van der Waals surface area contributed by atoms with Gasteiger partial charge >= 0.3 is 0 Å². The number of nitrogens with zero attached hydrogens (tertiary/aromatic N) is 8. The zero-order chi connectivity index (χ0) is 13.9. The predicted octanol–water partition coefficient (Wildman–Crippen LogP) is 1.19. The van der Waals surface area contributed by atoms with Crippen LogP contribution in [-0.4, -0.2) is 40.4 Å². The van der Waals surface area contributed by atoms with Crippen LogP contribution in [0.15, 0.2) is 37.4 Å². The molecule has 0 aliphatic rings. The summed E-state index contributed by atoms with van der Waals surface area (Å²) < 4.78 is 0. The van der Waals surface area contributed by atoms with Crippen molar-refractivity contribution in [1.29, 1.82) is 0 Å². The van der Waals surface area contributed by atoms with Crippen molar-refractivity contribution < 1.29 is 0 Å². The van der Waals surface area contributed by atoms with Gasteiger partial charge in [0.2, 0.25) is 11.6 Å². The summed E-state index contributed by atoms with van der Waals surface area (Å²) in [6.07, 6.45) is 2.95. The molecule has 3 rings (SSSR count). The lowest BCUT2D eigenvalue weighted by molar-refractivity contribution is 0.760. The van der Waals surface area contributed by atoms with Crippen LogP contribution in [0.2, 0.25) is 0 Å². The quantitative estimate of drug-likeness (QED) is 0.705. The molecule has 0 fully saturated rings. The van der Waals surface area contributed by atoms with Crippen molar-refractivity contribution in [3.63, 3.8) is 0 Å². The first-order valence-corrected chi connectivity index (χ1v) is 5.75. The lowest BCUT2D eigenvalue weighted by Gasteiger charge is -1.96. The third kappa shape index (κ3) is 2.09. The van der Waals surface area contributed by atoms with Crippen LogP contribution in [0.4, 0.5) is 0 Å². The molecule has 98 valence electrons. The summed E-state index contributed by atoms with van der Waals surface area (Å²) in [5.41, 5.74) is 1.69. The molecule has 20 heavy (non-hydrogen) atoms. The molecule has 8 nitrogen and oxygen atoms in total. The highest BCUT2D eigenvalue weighted by Crippen LogP contribution is 2.19. The molecular weight excluding hydrogens is 256 g/mol. The van der Waals surface area contributed by atoms with Crippen molar-refractivity contribution in [3.8, 4) is 22.8 Å². The van der Waals surface area contributed by atoms with Gasteiger partial charge in [0.05, 0.1) is 0 Å². The largest absolute Gasteiger partial charge is 0.205 e. The molecule has 2 aromatic heterocycles. The number of tetrazole rings is 2. The minimum atomic E-state index is 0.527. The summed E-state index contributed by atoms with van der Waals surface area (Å²) in [5.74, 6) is 1.05. The summed E-state index contributed by atoms with van der Waals surface area (Å²) in [6.45, 7) is 7.13. The molecule has 0 atom stereocenters. The van der Waals surface area contributed by atoms with Gasteiger partial charge in [-0.05, 0) is 10.4 Å². The maximum absolute atomic E-state index is 4.13. The van der Waals surface area contributed by atoms with Crippen LogP contribution in [0.5, 0.6) is 0 Å². The first-order valence-electron chi connectivity index (χ1n) is 5.75. The Kier molecular flexibility index (Phi) is 2.88. The molecule has 0 aliphatic heterocycles. The maximum Gasteiger partial charge on any atom is 0.205 e. The molecule has 2 heterocycles. The minimum absolute atomic E-state index is 0.527. The van der Waals surface area contributed by atoms with Crippen molar-refractivity contribution in [1.82, 2.24) is 40.4 Å². The molecule has 0 unspecified atom stereocenters. The molecule has 0 saturated heterocycles. The molecule has 8 heteroatoms. The second-order valence-electron chi connectivity index (χ2n) is 3.81. The maximum atomic E-state index is 4.13. The van der Waals surface area contributed by atoms with Crippen molar-refractivity contribution in [3.05, 3.63) is 37.4 Å². The van der Waals surface area contributed by atoms with Crippen LogP contribution in [-0.2, 0) is 0 Å². The summed E-state index contributed by atoms with van der Waals surface area (Å²) >= 11 is 0. The number of aromatic nitrogens is 8. The molecule has 0 amide bonds. The van der Waals surface area contributed by atoms with Gasteiger partial charge in [-0.15, -0.1) is 30.0 Å². The normalized spacial score (nSPS) is 10.4. The first-order chi connectivity index (χ1) is 9.80. The van der Waals surface area contributed by atoms with E-state index in [4.69, 9.17) is 0 Å². The van der Waals surface area contributed by atoms with E-state index in [1.807, 2.05) is 24.3 Å². The summed E-state index contributed by atoms with van der Waals surface area (Å²) in [6, 6.07) is 7.48. The highest BCUT2D eigenvalue weighted by molar-refractivity contribution is 5.62. The topological polar surface area (TPSA) is 87.2 Å². The van der Waals surface area contributed by atoms with Gasteiger partial charge in [-0.1, -0.05) is 37.4 Å². The van der Waals surface area contributed by atoms with E-state index < -0.39 is 0 Å². The van der Waals surface area contributed by atoms with Gasteiger partial charge in [0, 0.05) is 23.5 Å². The van der Waals surface area contributed by atoms with E-state index in [9.17, 15) is 0 Å². The van der Waals surface area contributed by atoms with Crippen LogP contribution < -0.4 is 0 Å². The summed E-state index contributed by atoms with van der Waals surface area (Å²) in [4.78, 5) is 2.61. The smallest absolute Gasteiger partial charge is 0.139 e. The molecule has 0 spiro atoms. The Labute approximate surface area is 114 Å².